The summed E-state index contributed by atoms with van der Waals surface area (Å²) in [4.78, 5) is 0. The number of rotatable bonds is 2. The zero-order valence-corrected chi connectivity index (χ0v) is 9.35. The first-order valence-corrected chi connectivity index (χ1v) is 5.39. The summed E-state index contributed by atoms with van der Waals surface area (Å²) in [7, 11) is 3.47. The Morgan fingerprint density at radius 2 is 1.20 bits per heavy atom. The molecule has 1 heteroatoms. The van der Waals surface area contributed by atoms with Gasteiger partial charge in [-0.2, -0.15) is 0 Å². The maximum Gasteiger partial charge on any atom is 0.0711 e. The van der Waals surface area contributed by atoms with Gasteiger partial charge in [-0.05, 0) is 11.1 Å². The smallest absolute Gasteiger partial charge is 0.0673 e. The maximum absolute atomic E-state index is 3.47. The second-order valence-corrected chi connectivity index (χ2v) is 3.94. The average Bonchev–Trinajstić information content (AvgIpc) is 2.30. The lowest BCUT2D eigenvalue weighted by Gasteiger charge is -1.95. The van der Waals surface area contributed by atoms with Crippen LogP contribution in [0.4, 0.5) is 0 Å². The lowest BCUT2D eigenvalue weighted by molar-refractivity contribution is 1.66. The molecular weight excluding hydrogens is 196 g/mol. The molecule has 0 saturated heterocycles. The zero-order valence-electron chi connectivity index (χ0n) is 8.35. The van der Waals surface area contributed by atoms with Gasteiger partial charge in [0.2, 0.25) is 0 Å². The Morgan fingerprint density at radius 1 is 0.667 bits per heavy atom. The van der Waals surface area contributed by atoms with Crippen LogP contribution in [0.5, 0.6) is 0 Å². The van der Waals surface area contributed by atoms with Crippen LogP contribution in [-0.4, -0.2) is 10.2 Å². The third kappa shape index (κ3) is 2.93. The van der Waals surface area contributed by atoms with Gasteiger partial charge in [0.15, 0.2) is 0 Å². The predicted molar refractivity (Wildman–Crippen MR) is 67.2 cm³/mol. The first-order chi connectivity index (χ1) is 7.34. The van der Waals surface area contributed by atoms with Crippen molar-refractivity contribution in [2.24, 2.45) is 0 Å². The standard InChI is InChI=1S/C14H11Si/c15-14-10-8-13(9-11-14)7-6-12-4-2-1-3-5-12/h1-11H/b7-6+. The van der Waals surface area contributed by atoms with E-state index in [0.717, 1.165) is 5.19 Å². The summed E-state index contributed by atoms with van der Waals surface area (Å²) >= 11 is 0. The third-order valence-electron chi connectivity index (χ3n) is 2.18. The Balaban J connectivity index is 2.15. The molecule has 0 N–H and O–H groups in total. The van der Waals surface area contributed by atoms with Gasteiger partial charge in [0, 0.05) is 0 Å². The average molecular weight is 207 g/mol. The van der Waals surface area contributed by atoms with Gasteiger partial charge in [-0.1, -0.05) is 71.9 Å². The van der Waals surface area contributed by atoms with Crippen LogP contribution in [0.3, 0.4) is 0 Å². The Kier molecular flexibility index (Phi) is 3.15. The highest BCUT2D eigenvalue weighted by molar-refractivity contribution is 6.32. The van der Waals surface area contributed by atoms with Crippen LogP contribution in [-0.2, 0) is 0 Å². The molecule has 0 amide bonds. The van der Waals surface area contributed by atoms with Crippen LogP contribution in [0, 0.1) is 0 Å². The van der Waals surface area contributed by atoms with Gasteiger partial charge < -0.3 is 0 Å². The van der Waals surface area contributed by atoms with Crippen LogP contribution in [0.25, 0.3) is 12.2 Å². The largest absolute Gasteiger partial charge is 0.0711 e. The molecule has 71 valence electrons. The Labute approximate surface area is 93.7 Å². The second-order valence-electron chi connectivity index (χ2n) is 3.37. The van der Waals surface area contributed by atoms with E-state index in [4.69, 9.17) is 0 Å². The van der Waals surface area contributed by atoms with E-state index in [9.17, 15) is 0 Å². The molecule has 2 rings (SSSR count). The van der Waals surface area contributed by atoms with Crippen molar-refractivity contribution in [1.29, 1.82) is 0 Å². The zero-order chi connectivity index (χ0) is 10.5. The molecule has 0 aromatic heterocycles. The van der Waals surface area contributed by atoms with Gasteiger partial charge in [0.05, 0.1) is 10.2 Å². The summed E-state index contributed by atoms with van der Waals surface area (Å²) in [5.74, 6) is 0. The molecule has 0 aliphatic heterocycles. The molecule has 0 atom stereocenters. The SMILES string of the molecule is [Si]c1ccc(/C=C/c2ccccc2)cc1. The number of hydrogen-bond acceptors (Lipinski definition) is 0. The molecule has 0 bridgehead atoms. The molecule has 0 fully saturated rings. The molecular formula is C14H11Si. The van der Waals surface area contributed by atoms with E-state index in [-0.39, 0.29) is 0 Å². The molecule has 3 radical (unpaired) electrons. The highest BCUT2D eigenvalue weighted by Crippen LogP contribution is 2.06. The molecule has 2 aromatic carbocycles. The molecule has 0 saturated carbocycles. The van der Waals surface area contributed by atoms with Crippen LogP contribution in [0.1, 0.15) is 11.1 Å². The molecule has 0 spiro atoms. The summed E-state index contributed by atoms with van der Waals surface area (Å²) in [5, 5.41) is 1.10. The molecule has 0 aliphatic rings. The first kappa shape index (κ1) is 9.93. The topological polar surface area (TPSA) is 0 Å². The van der Waals surface area contributed by atoms with Crippen molar-refractivity contribution in [1.82, 2.24) is 0 Å². The fraction of sp³-hybridized carbons (Fsp3) is 0. The van der Waals surface area contributed by atoms with E-state index in [1.807, 2.05) is 30.3 Å². The normalized spacial score (nSPS) is 10.7. The van der Waals surface area contributed by atoms with Crippen molar-refractivity contribution < 1.29 is 0 Å². The van der Waals surface area contributed by atoms with Gasteiger partial charge in [0.1, 0.15) is 0 Å². The van der Waals surface area contributed by atoms with Crippen molar-refractivity contribution in [2.75, 3.05) is 0 Å². The van der Waals surface area contributed by atoms with E-state index >= 15 is 0 Å². The maximum atomic E-state index is 3.47. The lowest BCUT2D eigenvalue weighted by Crippen LogP contribution is -1.98. The second kappa shape index (κ2) is 4.76. The van der Waals surface area contributed by atoms with Crippen LogP contribution < -0.4 is 5.19 Å². The first-order valence-electron chi connectivity index (χ1n) is 4.89. The Hall–Kier alpha value is -1.60. The number of hydrogen-bond donors (Lipinski definition) is 0. The molecule has 0 heterocycles. The summed E-state index contributed by atoms with van der Waals surface area (Å²) in [6.07, 6.45) is 4.23. The van der Waals surface area contributed by atoms with Crippen LogP contribution in [0.15, 0.2) is 54.6 Å². The summed E-state index contributed by atoms with van der Waals surface area (Å²) < 4.78 is 0. The van der Waals surface area contributed by atoms with E-state index in [1.54, 1.807) is 0 Å². The van der Waals surface area contributed by atoms with Crippen LogP contribution in [0.2, 0.25) is 0 Å². The van der Waals surface area contributed by atoms with E-state index < -0.39 is 0 Å². The van der Waals surface area contributed by atoms with E-state index in [1.165, 1.54) is 11.1 Å². The monoisotopic (exact) mass is 207 g/mol. The number of benzene rings is 2. The molecule has 0 aliphatic carbocycles. The van der Waals surface area contributed by atoms with Gasteiger partial charge in [0.25, 0.3) is 0 Å². The molecule has 15 heavy (non-hydrogen) atoms. The predicted octanol–water partition coefficient (Wildman–Crippen LogP) is 2.65. The molecule has 0 nitrogen and oxygen atoms in total. The highest BCUT2D eigenvalue weighted by atomic mass is 28.1. The van der Waals surface area contributed by atoms with E-state index in [2.05, 4.69) is 46.7 Å². The van der Waals surface area contributed by atoms with Crippen molar-refractivity contribution >= 4 is 27.6 Å². The van der Waals surface area contributed by atoms with E-state index in [0.29, 0.717) is 0 Å². The lowest BCUT2D eigenvalue weighted by atomic mass is 10.1. The van der Waals surface area contributed by atoms with Crippen molar-refractivity contribution in [3.63, 3.8) is 0 Å². The summed E-state index contributed by atoms with van der Waals surface area (Å²) in [5.41, 5.74) is 2.43. The summed E-state index contributed by atoms with van der Waals surface area (Å²) in [6, 6.07) is 18.6. The Morgan fingerprint density at radius 3 is 1.80 bits per heavy atom. The van der Waals surface area contributed by atoms with Crippen molar-refractivity contribution in [3.05, 3.63) is 65.7 Å². The minimum absolute atomic E-state index is 1.10. The van der Waals surface area contributed by atoms with Gasteiger partial charge in [-0.25, -0.2) is 0 Å². The van der Waals surface area contributed by atoms with Crippen LogP contribution >= 0.6 is 0 Å². The van der Waals surface area contributed by atoms with Gasteiger partial charge >= 0.3 is 0 Å². The quantitative estimate of drug-likeness (QED) is 0.524. The summed E-state index contributed by atoms with van der Waals surface area (Å²) in [6.45, 7) is 0. The van der Waals surface area contributed by atoms with Gasteiger partial charge in [-0.15, -0.1) is 0 Å². The minimum Gasteiger partial charge on any atom is -0.0673 e. The third-order valence-corrected chi connectivity index (χ3v) is 2.51. The van der Waals surface area contributed by atoms with Crippen molar-refractivity contribution in [3.8, 4) is 0 Å². The fourth-order valence-corrected chi connectivity index (χ4v) is 1.52. The van der Waals surface area contributed by atoms with Crippen molar-refractivity contribution in [2.45, 2.75) is 0 Å². The van der Waals surface area contributed by atoms with Gasteiger partial charge in [-0.3, -0.25) is 0 Å². The fourth-order valence-electron chi connectivity index (χ4n) is 1.35. The molecule has 0 unspecified atom stereocenters. The Bertz CT molecular complexity index is 441. The minimum atomic E-state index is 1.10. The highest BCUT2D eigenvalue weighted by Gasteiger charge is 1.87. The molecule has 2 aromatic rings.